The molecule has 0 radical (unpaired) electrons. The van der Waals surface area contributed by atoms with E-state index in [4.69, 9.17) is 11.6 Å². The van der Waals surface area contributed by atoms with Gasteiger partial charge in [0, 0.05) is 23.1 Å². The Kier molecular flexibility index (Phi) is 4.15. The van der Waals surface area contributed by atoms with Crippen molar-refractivity contribution in [2.24, 2.45) is 4.99 Å². The number of aromatic nitrogens is 2. The summed E-state index contributed by atoms with van der Waals surface area (Å²) in [5.74, 6) is 0. The summed E-state index contributed by atoms with van der Waals surface area (Å²) in [4.78, 5) is 24.1. The number of pyridine rings is 1. The minimum Gasteiger partial charge on any atom is -0.334 e. The third-order valence-electron chi connectivity index (χ3n) is 4.08. The number of benzene rings is 1. The van der Waals surface area contributed by atoms with Crippen LogP contribution in [0.3, 0.4) is 0 Å². The van der Waals surface area contributed by atoms with Gasteiger partial charge < -0.3 is 4.90 Å². The zero-order valence-electron chi connectivity index (χ0n) is 13.5. The number of anilines is 1. The molecule has 1 aliphatic heterocycles. The van der Waals surface area contributed by atoms with Crippen LogP contribution in [-0.2, 0) is 6.67 Å². The first-order valence-electron chi connectivity index (χ1n) is 7.79. The molecule has 0 saturated heterocycles. The van der Waals surface area contributed by atoms with Gasteiger partial charge in [-0.1, -0.05) is 35.1 Å². The van der Waals surface area contributed by atoms with E-state index < -0.39 is 0 Å². The van der Waals surface area contributed by atoms with Gasteiger partial charge in [0.05, 0.1) is 4.53 Å². The number of aryl methyl sites for hydroxylation is 1. The lowest BCUT2D eigenvalue weighted by atomic mass is 10.2. The Balaban J connectivity index is 1.72. The average Bonchev–Trinajstić information content (AvgIpc) is 2.94. The van der Waals surface area contributed by atoms with Crippen molar-refractivity contribution in [1.29, 1.82) is 0 Å². The Morgan fingerprint density at radius 2 is 2.20 bits per heavy atom. The van der Waals surface area contributed by atoms with Crippen LogP contribution in [0.5, 0.6) is 0 Å². The van der Waals surface area contributed by atoms with E-state index in [2.05, 4.69) is 9.98 Å². The molecule has 0 fully saturated rings. The third kappa shape index (κ3) is 3.10. The van der Waals surface area contributed by atoms with Crippen LogP contribution >= 0.6 is 22.9 Å². The van der Waals surface area contributed by atoms with E-state index in [9.17, 15) is 4.79 Å². The first-order valence-corrected chi connectivity index (χ1v) is 8.98. The second-order valence-corrected chi connectivity index (χ2v) is 7.24. The summed E-state index contributed by atoms with van der Waals surface area (Å²) in [6.07, 6.45) is 5.30. The van der Waals surface area contributed by atoms with Gasteiger partial charge in [0.15, 0.2) is 4.80 Å². The predicted octanol–water partition coefficient (Wildman–Crippen LogP) is 2.15. The average molecular weight is 371 g/mol. The third-order valence-corrected chi connectivity index (χ3v) is 5.53. The summed E-state index contributed by atoms with van der Waals surface area (Å²) >= 11 is 7.63. The highest BCUT2D eigenvalue weighted by Gasteiger charge is 2.16. The molecule has 2 aromatic heterocycles. The summed E-state index contributed by atoms with van der Waals surface area (Å²) < 4.78 is 2.36. The predicted molar refractivity (Wildman–Crippen MR) is 101 cm³/mol. The van der Waals surface area contributed by atoms with Gasteiger partial charge in [-0.3, -0.25) is 14.3 Å². The standard InChI is InChI=1S/C18H15ClN4OS/c1-12-4-5-14(8-15(12)19)22-10-21-18-23(11-22)17(24)16(25-18)7-13-3-2-6-20-9-13/h2-9H,10-11H2,1H3/b16-7-. The van der Waals surface area contributed by atoms with Crippen LogP contribution in [-0.4, -0.2) is 16.2 Å². The smallest absolute Gasteiger partial charge is 0.271 e. The van der Waals surface area contributed by atoms with Gasteiger partial charge >= 0.3 is 0 Å². The Morgan fingerprint density at radius 3 is 2.96 bits per heavy atom. The lowest BCUT2D eigenvalue weighted by Crippen LogP contribution is -2.42. The fourth-order valence-electron chi connectivity index (χ4n) is 2.67. The van der Waals surface area contributed by atoms with Crippen molar-refractivity contribution in [3.63, 3.8) is 0 Å². The summed E-state index contributed by atoms with van der Waals surface area (Å²) in [6, 6.07) is 9.67. The highest BCUT2D eigenvalue weighted by atomic mass is 35.5. The minimum atomic E-state index is -0.0319. The second-order valence-electron chi connectivity index (χ2n) is 5.83. The van der Waals surface area contributed by atoms with Crippen molar-refractivity contribution in [2.75, 3.05) is 11.6 Å². The van der Waals surface area contributed by atoms with Gasteiger partial charge in [0.2, 0.25) is 0 Å². The molecule has 1 aromatic carbocycles. The fourth-order valence-corrected chi connectivity index (χ4v) is 3.80. The molecule has 0 bridgehead atoms. The lowest BCUT2D eigenvalue weighted by molar-refractivity contribution is 0.569. The molecule has 0 aliphatic carbocycles. The van der Waals surface area contributed by atoms with Crippen LogP contribution in [0, 0.1) is 6.92 Å². The number of hydrogen-bond donors (Lipinski definition) is 0. The van der Waals surface area contributed by atoms with Crippen LogP contribution in [0.25, 0.3) is 6.08 Å². The van der Waals surface area contributed by atoms with Crippen molar-refractivity contribution in [1.82, 2.24) is 9.55 Å². The highest BCUT2D eigenvalue weighted by molar-refractivity contribution is 7.07. The second kappa shape index (κ2) is 6.46. The quantitative estimate of drug-likeness (QED) is 0.694. The van der Waals surface area contributed by atoms with Crippen LogP contribution in [0.2, 0.25) is 5.02 Å². The molecular formula is C18H15ClN4OS. The van der Waals surface area contributed by atoms with Gasteiger partial charge in [-0.2, -0.15) is 0 Å². The molecule has 3 aromatic rings. The van der Waals surface area contributed by atoms with E-state index in [-0.39, 0.29) is 5.56 Å². The Morgan fingerprint density at radius 1 is 1.32 bits per heavy atom. The van der Waals surface area contributed by atoms with Crippen molar-refractivity contribution in [3.05, 3.63) is 78.6 Å². The molecule has 5 nitrogen and oxygen atoms in total. The van der Waals surface area contributed by atoms with E-state index in [1.54, 1.807) is 17.0 Å². The summed E-state index contributed by atoms with van der Waals surface area (Å²) in [5, 5.41) is 0.714. The Labute approximate surface area is 153 Å². The van der Waals surface area contributed by atoms with E-state index in [0.29, 0.717) is 22.9 Å². The molecule has 0 spiro atoms. The van der Waals surface area contributed by atoms with E-state index >= 15 is 0 Å². The molecule has 3 heterocycles. The first kappa shape index (κ1) is 16.1. The number of rotatable bonds is 2. The number of fused-ring (bicyclic) bond motifs is 1. The lowest BCUT2D eigenvalue weighted by Gasteiger charge is -2.26. The Bertz CT molecular complexity index is 1100. The molecule has 4 rings (SSSR count). The molecule has 7 heteroatoms. The monoisotopic (exact) mass is 370 g/mol. The first-order chi connectivity index (χ1) is 12.1. The molecule has 0 amide bonds. The zero-order valence-corrected chi connectivity index (χ0v) is 15.1. The van der Waals surface area contributed by atoms with E-state index in [0.717, 1.165) is 21.6 Å². The van der Waals surface area contributed by atoms with Gasteiger partial charge in [0.25, 0.3) is 5.56 Å². The molecule has 1 aliphatic rings. The summed E-state index contributed by atoms with van der Waals surface area (Å²) in [5.41, 5.74) is 2.86. The number of nitrogens with zero attached hydrogens (tertiary/aromatic N) is 4. The summed E-state index contributed by atoms with van der Waals surface area (Å²) in [7, 11) is 0. The number of hydrogen-bond acceptors (Lipinski definition) is 5. The van der Waals surface area contributed by atoms with Gasteiger partial charge in [0.1, 0.15) is 13.3 Å². The maximum absolute atomic E-state index is 12.7. The van der Waals surface area contributed by atoms with Crippen LogP contribution in [0.4, 0.5) is 5.69 Å². The molecule has 0 unspecified atom stereocenters. The maximum Gasteiger partial charge on any atom is 0.271 e. The number of thiazole rings is 1. The molecule has 0 atom stereocenters. The van der Waals surface area contributed by atoms with E-state index in [1.807, 2.05) is 48.2 Å². The molecule has 0 N–H and O–H groups in total. The number of halogens is 1. The summed E-state index contributed by atoms with van der Waals surface area (Å²) in [6.45, 7) is 2.94. The highest BCUT2D eigenvalue weighted by Crippen LogP contribution is 2.23. The van der Waals surface area contributed by atoms with E-state index in [1.165, 1.54) is 11.3 Å². The molecule has 0 saturated carbocycles. The van der Waals surface area contributed by atoms with Crippen molar-refractivity contribution < 1.29 is 0 Å². The Hall–Kier alpha value is -2.44. The van der Waals surface area contributed by atoms with Crippen molar-refractivity contribution in [2.45, 2.75) is 13.6 Å². The minimum absolute atomic E-state index is 0.0319. The topological polar surface area (TPSA) is 50.5 Å². The largest absolute Gasteiger partial charge is 0.334 e. The fraction of sp³-hybridized carbons (Fsp3) is 0.167. The van der Waals surface area contributed by atoms with Gasteiger partial charge in [-0.15, -0.1) is 0 Å². The SMILES string of the molecule is Cc1ccc(N2CN=c3s/c(=C\c4cccnc4)c(=O)n3C2)cc1Cl. The van der Waals surface area contributed by atoms with Gasteiger partial charge in [-0.05, 0) is 42.3 Å². The van der Waals surface area contributed by atoms with Gasteiger partial charge in [-0.25, -0.2) is 4.99 Å². The van der Waals surface area contributed by atoms with Crippen molar-refractivity contribution in [3.8, 4) is 0 Å². The molecular weight excluding hydrogens is 356 g/mol. The maximum atomic E-state index is 12.7. The molecule has 25 heavy (non-hydrogen) atoms. The van der Waals surface area contributed by atoms with Crippen LogP contribution < -0.4 is 19.8 Å². The zero-order chi connectivity index (χ0) is 17.4. The normalized spacial score (nSPS) is 14.3. The van der Waals surface area contributed by atoms with Crippen LogP contribution in [0.1, 0.15) is 11.1 Å². The van der Waals surface area contributed by atoms with Crippen molar-refractivity contribution >= 4 is 34.7 Å². The molecule has 126 valence electrons. The van der Waals surface area contributed by atoms with Crippen LogP contribution in [0.15, 0.2) is 52.5 Å².